The molecule has 1 N–H and O–H groups in total. The van der Waals surface area contributed by atoms with Crippen molar-refractivity contribution >= 4 is 17.5 Å². The van der Waals surface area contributed by atoms with E-state index in [0.29, 0.717) is 23.7 Å². The molecule has 4 saturated carbocycles. The third kappa shape index (κ3) is 3.54. The van der Waals surface area contributed by atoms with Crippen molar-refractivity contribution < 1.29 is 24.2 Å². The van der Waals surface area contributed by atoms with Gasteiger partial charge in [-0.2, -0.15) is 0 Å². The third-order valence-electron chi connectivity index (χ3n) is 11.9. The fourth-order valence-electron chi connectivity index (χ4n) is 10.2. The number of ketones is 2. The van der Waals surface area contributed by atoms with E-state index in [1.54, 1.807) is 6.92 Å². The van der Waals surface area contributed by atoms with E-state index >= 15 is 0 Å². The van der Waals surface area contributed by atoms with Crippen molar-refractivity contribution in [2.45, 2.75) is 112 Å². The second-order valence-corrected chi connectivity index (χ2v) is 13.8. The molecule has 4 fully saturated rings. The van der Waals surface area contributed by atoms with E-state index in [4.69, 9.17) is 4.74 Å². The van der Waals surface area contributed by atoms with Gasteiger partial charge in [-0.05, 0) is 92.3 Å². The summed E-state index contributed by atoms with van der Waals surface area (Å²) in [7, 11) is 0. The van der Waals surface area contributed by atoms with Crippen molar-refractivity contribution in [3.05, 3.63) is 11.6 Å². The van der Waals surface area contributed by atoms with Crippen molar-refractivity contribution in [1.29, 1.82) is 0 Å². The fraction of sp³-hybridized carbons (Fsp3) is 0.833. The topological polar surface area (TPSA) is 80.7 Å². The Morgan fingerprint density at radius 2 is 1.77 bits per heavy atom. The van der Waals surface area contributed by atoms with Crippen LogP contribution in [0, 0.1) is 45.3 Å². The molecular weight excluding hydrogens is 440 g/mol. The number of carbonyl (C=O) groups excluding carboxylic acids is 3. The van der Waals surface area contributed by atoms with Gasteiger partial charge in [0.2, 0.25) is 0 Å². The van der Waals surface area contributed by atoms with Crippen LogP contribution in [0.4, 0.5) is 0 Å². The van der Waals surface area contributed by atoms with Gasteiger partial charge < -0.3 is 9.84 Å². The van der Waals surface area contributed by atoms with E-state index in [1.165, 1.54) is 39.0 Å². The second-order valence-electron chi connectivity index (χ2n) is 13.8. The summed E-state index contributed by atoms with van der Waals surface area (Å²) in [6.45, 7) is 12.5. The van der Waals surface area contributed by atoms with Crippen LogP contribution in [0.1, 0.15) is 99.3 Å². The minimum atomic E-state index is -0.762. The minimum Gasteiger partial charge on any atom is -0.461 e. The molecule has 1 spiro atoms. The van der Waals surface area contributed by atoms with Gasteiger partial charge in [-0.3, -0.25) is 14.4 Å². The molecule has 0 radical (unpaired) electrons. The lowest BCUT2D eigenvalue weighted by Gasteiger charge is -2.68. The second kappa shape index (κ2) is 8.00. The Bertz CT molecular complexity index is 981. The molecule has 5 rings (SSSR count). The molecule has 0 bridgehead atoms. The van der Waals surface area contributed by atoms with E-state index in [9.17, 15) is 19.5 Å². The summed E-state index contributed by atoms with van der Waals surface area (Å²) in [4.78, 5) is 38.4. The van der Waals surface area contributed by atoms with Gasteiger partial charge in [-0.1, -0.05) is 40.2 Å². The van der Waals surface area contributed by atoms with Crippen molar-refractivity contribution in [1.82, 2.24) is 0 Å². The van der Waals surface area contributed by atoms with E-state index in [2.05, 4.69) is 27.7 Å². The van der Waals surface area contributed by atoms with Crippen LogP contribution in [0.25, 0.3) is 0 Å². The lowest BCUT2D eigenvalue weighted by Crippen LogP contribution is -2.65. The summed E-state index contributed by atoms with van der Waals surface area (Å²) < 4.78 is 6.18. The smallest absolute Gasteiger partial charge is 0.308 e. The van der Waals surface area contributed by atoms with Crippen molar-refractivity contribution in [2.75, 3.05) is 0 Å². The molecule has 0 aromatic carbocycles. The van der Waals surface area contributed by atoms with E-state index < -0.39 is 23.6 Å². The zero-order valence-corrected chi connectivity index (χ0v) is 22.5. The third-order valence-corrected chi connectivity index (χ3v) is 11.9. The lowest BCUT2D eigenvalue weighted by molar-refractivity contribution is -0.219. The largest absolute Gasteiger partial charge is 0.461 e. The molecule has 0 aromatic rings. The number of Topliss-reactive ketones (excluding diaryl/α,β-unsaturated/α-hetero) is 2. The Kier molecular flexibility index (Phi) is 5.76. The Hall–Kier alpha value is -1.49. The highest BCUT2D eigenvalue weighted by molar-refractivity contribution is 6.20. The highest BCUT2D eigenvalue weighted by Crippen LogP contribution is 2.77. The number of allylic oxidation sites excluding steroid dienone is 1. The average Bonchev–Trinajstić information content (AvgIpc) is 3.38. The molecule has 0 aliphatic heterocycles. The van der Waals surface area contributed by atoms with Crippen LogP contribution in [0.2, 0.25) is 0 Å². The van der Waals surface area contributed by atoms with Gasteiger partial charge in [-0.15, -0.1) is 0 Å². The fourth-order valence-corrected chi connectivity index (χ4v) is 10.2. The number of aliphatic hydroxyl groups excluding tert-OH is 1. The van der Waals surface area contributed by atoms with E-state index in [-0.39, 0.29) is 40.3 Å². The molecule has 0 saturated heterocycles. The highest BCUT2D eigenvalue weighted by atomic mass is 16.5. The molecule has 5 nitrogen and oxygen atoms in total. The molecule has 0 amide bonds. The standard InChI is InChI=1S/C30H44O5/c1-17-15-30(17)10-7-9-27(4)22(30)8-11-28(5)23-13-21(33)20(19(3)32)16-29(23,6)25(14-24(27)28)35-26(34)12-18(2)31/h16-18,22-25,31H,7-15H2,1-6H3. The SMILES string of the molecule is CC(=O)C1=CC2(C)C(OC(=O)CC(C)O)CC3C(C)(CCC4C3(C)CCCC43CC3C)C2CC1=O. The first-order valence-electron chi connectivity index (χ1n) is 13.9. The molecular formula is C30H44O5. The number of hydrogen-bond donors (Lipinski definition) is 1. The summed E-state index contributed by atoms with van der Waals surface area (Å²) in [5.74, 6) is 1.22. The van der Waals surface area contributed by atoms with Gasteiger partial charge in [0.1, 0.15) is 6.10 Å². The van der Waals surface area contributed by atoms with Crippen LogP contribution in [0.15, 0.2) is 11.6 Å². The van der Waals surface area contributed by atoms with Crippen molar-refractivity contribution in [3.8, 4) is 0 Å². The first-order chi connectivity index (χ1) is 16.3. The monoisotopic (exact) mass is 484 g/mol. The summed E-state index contributed by atoms with van der Waals surface area (Å²) in [5, 5.41) is 9.81. The number of hydrogen-bond acceptors (Lipinski definition) is 5. The van der Waals surface area contributed by atoms with Crippen molar-refractivity contribution in [3.63, 3.8) is 0 Å². The van der Waals surface area contributed by atoms with Crippen LogP contribution in [-0.2, 0) is 19.1 Å². The molecule has 5 aliphatic carbocycles. The summed E-state index contributed by atoms with van der Waals surface area (Å²) >= 11 is 0. The van der Waals surface area contributed by atoms with Crippen LogP contribution in [0.3, 0.4) is 0 Å². The maximum Gasteiger partial charge on any atom is 0.308 e. The van der Waals surface area contributed by atoms with Gasteiger partial charge in [-0.25, -0.2) is 0 Å². The summed E-state index contributed by atoms with van der Waals surface area (Å²) in [6, 6.07) is 0. The Morgan fingerprint density at radius 3 is 2.37 bits per heavy atom. The number of aliphatic hydroxyl groups is 1. The lowest BCUT2D eigenvalue weighted by atomic mass is 9.36. The number of rotatable bonds is 4. The van der Waals surface area contributed by atoms with Gasteiger partial charge >= 0.3 is 5.97 Å². The predicted octanol–water partition coefficient (Wildman–Crippen LogP) is 5.43. The molecule has 0 aromatic heterocycles. The van der Waals surface area contributed by atoms with Crippen LogP contribution in [-0.4, -0.2) is 34.9 Å². The molecule has 5 heteroatoms. The van der Waals surface area contributed by atoms with Gasteiger partial charge in [0.15, 0.2) is 11.6 Å². The first-order valence-corrected chi connectivity index (χ1v) is 13.9. The van der Waals surface area contributed by atoms with Gasteiger partial charge in [0.05, 0.1) is 18.1 Å². The maximum absolute atomic E-state index is 13.2. The van der Waals surface area contributed by atoms with E-state index in [1.807, 2.05) is 6.08 Å². The molecule has 5 aliphatic rings. The van der Waals surface area contributed by atoms with Gasteiger partial charge in [0, 0.05) is 11.8 Å². The molecule has 0 heterocycles. The van der Waals surface area contributed by atoms with E-state index in [0.717, 1.165) is 18.8 Å². The Labute approximate surface area is 210 Å². The van der Waals surface area contributed by atoms with Crippen LogP contribution >= 0.6 is 0 Å². The zero-order valence-electron chi connectivity index (χ0n) is 22.5. The highest BCUT2D eigenvalue weighted by Gasteiger charge is 2.71. The summed E-state index contributed by atoms with van der Waals surface area (Å²) in [6.07, 6.45) is 9.23. The first kappa shape index (κ1) is 25.2. The zero-order chi connectivity index (χ0) is 25.6. The number of ether oxygens (including phenoxy) is 1. The number of carbonyl (C=O) groups is 3. The Balaban J connectivity index is 1.58. The number of esters is 1. The number of fused-ring (bicyclic) bond motifs is 6. The van der Waals surface area contributed by atoms with Crippen molar-refractivity contribution in [2.24, 2.45) is 45.3 Å². The molecule has 10 atom stereocenters. The summed E-state index contributed by atoms with van der Waals surface area (Å²) in [5.41, 5.74) is 0.304. The molecule has 194 valence electrons. The normalized spacial score (nSPS) is 49.3. The van der Waals surface area contributed by atoms with Crippen LogP contribution < -0.4 is 0 Å². The maximum atomic E-state index is 13.2. The predicted molar refractivity (Wildman–Crippen MR) is 133 cm³/mol. The minimum absolute atomic E-state index is 0.0287. The van der Waals surface area contributed by atoms with Gasteiger partial charge in [0.25, 0.3) is 0 Å². The Morgan fingerprint density at radius 1 is 1.11 bits per heavy atom. The molecule has 10 unspecified atom stereocenters. The molecule has 35 heavy (non-hydrogen) atoms. The van der Waals surface area contributed by atoms with Crippen LogP contribution in [0.5, 0.6) is 0 Å². The quantitative estimate of drug-likeness (QED) is 0.425. The average molecular weight is 485 g/mol.